The SMILES string of the molecule is CC(C)Nc1nonc1N. The van der Waals surface area contributed by atoms with Gasteiger partial charge < -0.3 is 11.1 Å². The van der Waals surface area contributed by atoms with Crippen molar-refractivity contribution in [1.29, 1.82) is 0 Å². The van der Waals surface area contributed by atoms with E-state index in [1.807, 2.05) is 13.8 Å². The highest BCUT2D eigenvalue weighted by molar-refractivity contribution is 5.54. The molecule has 0 saturated heterocycles. The van der Waals surface area contributed by atoms with E-state index in [9.17, 15) is 0 Å². The molecular weight excluding hydrogens is 132 g/mol. The van der Waals surface area contributed by atoms with Crippen LogP contribution in [0.15, 0.2) is 4.63 Å². The number of hydrogen-bond donors (Lipinski definition) is 2. The van der Waals surface area contributed by atoms with Gasteiger partial charge in [0.15, 0.2) is 0 Å². The summed E-state index contributed by atoms with van der Waals surface area (Å²) in [6, 6.07) is 0.286. The summed E-state index contributed by atoms with van der Waals surface area (Å²) in [5.41, 5.74) is 5.36. The van der Waals surface area contributed by atoms with Crippen molar-refractivity contribution < 1.29 is 4.63 Å². The summed E-state index contributed by atoms with van der Waals surface area (Å²) in [4.78, 5) is 0. The van der Waals surface area contributed by atoms with E-state index in [1.54, 1.807) is 0 Å². The fraction of sp³-hybridized carbons (Fsp3) is 0.600. The Bertz CT molecular complexity index is 207. The first-order valence-corrected chi connectivity index (χ1v) is 3.04. The van der Waals surface area contributed by atoms with Crippen molar-refractivity contribution in [1.82, 2.24) is 10.3 Å². The molecule has 0 amide bonds. The zero-order chi connectivity index (χ0) is 7.56. The van der Waals surface area contributed by atoms with E-state index in [0.717, 1.165) is 0 Å². The molecule has 0 aromatic carbocycles. The van der Waals surface area contributed by atoms with Gasteiger partial charge in [0.1, 0.15) is 0 Å². The Morgan fingerprint density at radius 3 is 2.60 bits per heavy atom. The van der Waals surface area contributed by atoms with Crippen molar-refractivity contribution in [3.63, 3.8) is 0 Å². The summed E-state index contributed by atoms with van der Waals surface area (Å²) in [6.07, 6.45) is 0. The average molecular weight is 142 g/mol. The smallest absolute Gasteiger partial charge is 0.215 e. The minimum atomic E-state index is 0.286. The monoisotopic (exact) mass is 142 g/mol. The highest BCUT2D eigenvalue weighted by Gasteiger charge is 2.05. The maximum absolute atomic E-state index is 5.36. The lowest BCUT2D eigenvalue weighted by Crippen LogP contribution is -2.11. The molecule has 0 radical (unpaired) electrons. The van der Waals surface area contributed by atoms with Crippen LogP contribution in [0.25, 0.3) is 0 Å². The number of nitrogen functional groups attached to an aromatic ring is 1. The number of anilines is 2. The van der Waals surface area contributed by atoms with Crippen LogP contribution in [-0.4, -0.2) is 16.4 Å². The maximum Gasteiger partial charge on any atom is 0.215 e. The first-order chi connectivity index (χ1) is 4.70. The van der Waals surface area contributed by atoms with Crippen LogP contribution in [0.4, 0.5) is 11.6 Å². The first-order valence-electron chi connectivity index (χ1n) is 3.04. The topological polar surface area (TPSA) is 77.0 Å². The number of hydrogen-bond acceptors (Lipinski definition) is 5. The third kappa shape index (κ3) is 1.37. The van der Waals surface area contributed by atoms with Gasteiger partial charge in [-0.05, 0) is 24.2 Å². The summed E-state index contributed by atoms with van der Waals surface area (Å²) < 4.78 is 4.36. The number of nitrogens with one attached hydrogen (secondary N) is 1. The molecule has 1 heterocycles. The second kappa shape index (κ2) is 2.55. The van der Waals surface area contributed by atoms with Crippen molar-refractivity contribution in [2.45, 2.75) is 19.9 Å². The number of nitrogens with zero attached hydrogens (tertiary/aromatic N) is 2. The largest absolute Gasteiger partial charge is 0.378 e. The van der Waals surface area contributed by atoms with Crippen molar-refractivity contribution >= 4 is 11.6 Å². The highest BCUT2D eigenvalue weighted by atomic mass is 16.6. The van der Waals surface area contributed by atoms with Crippen molar-refractivity contribution in [2.24, 2.45) is 0 Å². The predicted molar refractivity (Wildman–Crippen MR) is 37.5 cm³/mol. The van der Waals surface area contributed by atoms with Crippen LogP contribution in [0.2, 0.25) is 0 Å². The second-order valence-electron chi connectivity index (χ2n) is 2.30. The molecule has 0 aliphatic carbocycles. The van der Waals surface area contributed by atoms with Crippen LogP contribution in [0.1, 0.15) is 13.8 Å². The lowest BCUT2D eigenvalue weighted by molar-refractivity contribution is 0.310. The van der Waals surface area contributed by atoms with Gasteiger partial charge in [-0.15, -0.1) is 0 Å². The van der Waals surface area contributed by atoms with Gasteiger partial charge in [0.05, 0.1) is 0 Å². The van der Waals surface area contributed by atoms with Gasteiger partial charge in [0.25, 0.3) is 0 Å². The quantitative estimate of drug-likeness (QED) is 0.627. The molecule has 10 heavy (non-hydrogen) atoms. The second-order valence-corrected chi connectivity index (χ2v) is 2.30. The summed E-state index contributed by atoms with van der Waals surface area (Å²) in [7, 11) is 0. The normalized spacial score (nSPS) is 10.3. The molecule has 0 atom stereocenters. The van der Waals surface area contributed by atoms with Gasteiger partial charge >= 0.3 is 0 Å². The minimum Gasteiger partial charge on any atom is -0.378 e. The van der Waals surface area contributed by atoms with E-state index >= 15 is 0 Å². The molecule has 0 aliphatic rings. The predicted octanol–water partition coefficient (Wildman–Crippen LogP) is 0.472. The molecule has 0 fully saturated rings. The summed E-state index contributed by atoms with van der Waals surface area (Å²) in [6.45, 7) is 3.96. The first kappa shape index (κ1) is 6.85. The molecule has 5 nitrogen and oxygen atoms in total. The van der Waals surface area contributed by atoms with E-state index < -0.39 is 0 Å². The van der Waals surface area contributed by atoms with Gasteiger partial charge in [-0.3, -0.25) is 0 Å². The maximum atomic E-state index is 5.36. The standard InChI is InChI=1S/C5H10N4O/c1-3(2)7-5-4(6)8-10-9-5/h3H,1-2H3,(H2,6,8)(H,7,9). The van der Waals surface area contributed by atoms with Crippen molar-refractivity contribution in [3.05, 3.63) is 0 Å². The fourth-order valence-corrected chi connectivity index (χ4v) is 0.569. The molecule has 0 unspecified atom stereocenters. The summed E-state index contributed by atoms with van der Waals surface area (Å²) in [5, 5.41) is 9.89. The lowest BCUT2D eigenvalue weighted by atomic mass is 10.4. The highest BCUT2D eigenvalue weighted by Crippen LogP contribution is 2.11. The van der Waals surface area contributed by atoms with Gasteiger partial charge in [-0.25, -0.2) is 4.63 Å². The molecule has 0 bridgehead atoms. The summed E-state index contributed by atoms with van der Waals surface area (Å²) >= 11 is 0. The molecular formula is C5H10N4O. The molecule has 3 N–H and O–H groups in total. The Balaban J connectivity index is 2.65. The summed E-state index contributed by atoms with van der Waals surface area (Å²) in [5.74, 6) is 0.809. The average Bonchev–Trinajstić information content (AvgIpc) is 2.15. The Hall–Kier alpha value is -1.26. The van der Waals surface area contributed by atoms with E-state index in [1.165, 1.54) is 0 Å². The molecule has 0 saturated carbocycles. The number of rotatable bonds is 2. The Kier molecular flexibility index (Phi) is 1.75. The van der Waals surface area contributed by atoms with Gasteiger partial charge in [0.2, 0.25) is 11.6 Å². The van der Waals surface area contributed by atoms with E-state index in [4.69, 9.17) is 5.73 Å². The van der Waals surface area contributed by atoms with E-state index in [0.29, 0.717) is 11.6 Å². The van der Waals surface area contributed by atoms with Gasteiger partial charge in [0, 0.05) is 6.04 Å². The van der Waals surface area contributed by atoms with Gasteiger partial charge in [-0.1, -0.05) is 0 Å². The van der Waals surface area contributed by atoms with Crippen LogP contribution in [0.5, 0.6) is 0 Å². The zero-order valence-corrected chi connectivity index (χ0v) is 5.96. The molecule has 1 rings (SSSR count). The van der Waals surface area contributed by atoms with E-state index in [-0.39, 0.29) is 6.04 Å². The van der Waals surface area contributed by atoms with Crippen molar-refractivity contribution in [3.8, 4) is 0 Å². The zero-order valence-electron chi connectivity index (χ0n) is 5.96. The molecule has 1 aromatic heterocycles. The van der Waals surface area contributed by atoms with Crippen molar-refractivity contribution in [2.75, 3.05) is 11.1 Å². The minimum absolute atomic E-state index is 0.286. The van der Waals surface area contributed by atoms with Crippen LogP contribution in [0, 0.1) is 0 Å². The molecule has 1 aromatic rings. The Morgan fingerprint density at radius 1 is 1.50 bits per heavy atom. The Morgan fingerprint density at radius 2 is 2.20 bits per heavy atom. The number of aromatic nitrogens is 2. The van der Waals surface area contributed by atoms with Crippen LogP contribution >= 0.6 is 0 Å². The van der Waals surface area contributed by atoms with Crippen LogP contribution < -0.4 is 11.1 Å². The van der Waals surface area contributed by atoms with Crippen LogP contribution in [-0.2, 0) is 0 Å². The molecule has 0 aliphatic heterocycles. The molecule has 5 heteroatoms. The van der Waals surface area contributed by atoms with Gasteiger partial charge in [-0.2, -0.15) is 0 Å². The third-order valence-electron chi connectivity index (χ3n) is 0.939. The molecule has 0 spiro atoms. The fourth-order valence-electron chi connectivity index (χ4n) is 0.569. The lowest BCUT2D eigenvalue weighted by Gasteiger charge is -2.03. The number of nitrogens with two attached hydrogens (primary N) is 1. The van der Waals surface area contributed by atoms with E-state index in [2.05, 4.69) is 20.3 Å². The Labute approximate surface area is 58.6 Å². The third-order valence-corrected chi connectivity index (χ3v) is 0.939. The van der Waals surface area contributed by atoms with Crippen LogP contribution in [0.3, 0.4) is 0 Å². The molecule has 56 valence electrons.